The molecule has 1 aromatic heterocycles. The van der Waals surface area contributed by atoms with E-state index in [1.54, 1.807) is 11.3 Å². The minimum Gasteiger partial charge on any atom is -0.478 e. The molecule has 96 valence electrons. The molecule has 0 radical (unpaired) electrons. The Morgan fingerprint density at radius 3 is 2.79 bits per heavy atom. The second-order valence-electron chi connectivity index (χ2n) is 4.84. The van der Waals surface area contributed by atoms with Crippen LogP contribution in [0.15, 0.2) is 46.8 Å². The highest BCUT2D eigenvalue weighted by molar-refractivity contribution is 7.09. The summed E-state index contributed by atoms with van der Waals surface area (Å²) in [7, 11) is 0. The predicted octanol–water partition coefficient (Wildman–Crippen LogP) is 1.62. The van der Waals surface area contributed by atoms with E-state index in [0.29, 0.717) is 12.0 Å². The lowest BCUT2D eigenvalue weighted by Gasteiger charge is -2.22. The molecule has 1 atom stereocenters. The number of hydrogen-bond donors (Lipinski definition) is 1. The van der Waals surface area contributed by atoms with Gasteiger partial charge >= 0.3 is 5.97 Å². The Kier molecular flexibility index (Phi) is 2.75. The number of rotatable bonds is 3. The monoisotopic (exact) mass is 271 g/mol. The summed E-state index contributed by atoms with van der Waals surface area (Å²) in [4.78, 5) is 17.4. The van der Waals surface area contributed by atoms with E-state index in [1.165, 1.54) is 0 Å². The molecule has 0 bridgehead atoms. The van der Waals surface area contributed by atoms with Crippen molar-refractivity contribution in [3.8, 4) is 0 Å². The minimum absolute atomic E-state index is 0.400. The molecule has 19 heavy (non-hydrogen) atoms. The highest BCUT2D eigenvalue weighted by Gasteiger charge is 2.37. The average molecular weight is 271 g/mol. The van der Waals surface area contributed by atoms with E-state index in [4.69, 9.17) is 0 Å². The van der Waals surface area contributed by atoms with E-state index in [2.05, 4.69) is 4.99 Å². The van der Waals surface area contributed by atoms with Crippen molar-refractivity contribution in [2.75, 3.05) is 0 Å². The SMILES string of the molecule is CC1(Cc2cccs2)N=c2ccccc2=C1C(=O)O. The van der Waals surface area contributed by atoms with E-state index >= 15 is 0 Å². The number of aliphatic carboxylic acids is 1. The maximum Gasteiger partial charge on any atom is 0.334 e. The molecule has 0 amide bonds. The fourth-order valence-electron chi connectivity index (χ4n) is 2.62. The Balaban J connectivity index is 2.18. The van der Waals surface area contributed by atoms with Crippen LogP contribution in [0, 0.1) is 0 Å². The zero-order valence-corrected chi connectivity index (χ0v) is 11.3. The lowest BCUT2D eigenvalue weighted by Crippen LogP contribution is -2.32. The van der Waals surface area contributed by atoms with Crippen molar-refractivity contribution in [3.63, 3.8) is 0 Å². The zero-order valence-electron chi connectivity index (χ0n) is 10.5. The van der Waals surface area contributed by atoms with Crippen LogP contribution in [0.25, 0.3) is 5.57 Å². The third-order valence-corrected chi connectivity index (χ3v) is 4.27. The van der Waals surface area contributed by atoms with E-state index in [-0.39, 0.29) is 0 Å². The van der Waals surface area contributed by atoms with Crippen LogP contribution >= 0.6 is 11.3 Å². The van der Waals surface area contributed by atoms with E-state index in [0.717, 1.165) is 15.5 Å². The predicted molar refractivity (Wildman–Crippen MR) is 74.7 cm³/mol. The first-order valence-corrected chi connectivity index (χ1v) is 6.93. The molecule has 0 fully saturated rings. The standard InChI is InChI=1S/C15H13NO2S/c1-15(9-10-5-4-8-19-10)13(14(17)18)11-6-2-3-7-12(11)16-15/h2-8H,9H2,1H3,(H,17,18). The van der Waals surface area contributed by atoms with Crippen molar-refractivity contribution in [2.45, 2.75) is 18.9 Å². The lowest BCUT2D eigenvalue weighted by atomic mass is 9.88. The van der Waals surface area contributed by atoms with Crippen molar-refractivity contribution in [3.05, 3.63) is 57.2 Å². The van der Waals surface area contributed by atoms with Gasteiger partial charge in [-0.05, 0) is 24.4 Å². The Bertz CT molecular complexity index is 749. The van der Waals surface area contributed by atoms with Gasteiger partial charge in [-0.25, -0.2) is 4.79 Å². The molecular weight excluding hydrogens is 258 g/mol. The maximum atomic E-state index is 11.6. The van der Waals surface area contributed by atoms with E-state index in [1.807, 2.05) is 48.7 Å². The second-order valence-corrected chi connectivity index (χ2v) is 5.87. The van der Waals surface area contributed by atoms with Gasteiger partial charge in [0.05, 0.1) is 16.5 Å². The summed E-state index contributed by atoms with van der Waals surface area (Å²) in [5.41, 5.74) is -0.281. The van der Waals surface area contributed by atoms with Gasteiger partial charge < -0.3 is 5.11 Å². The first-order valence-electron chi connectivity index (χ1n) is 6.05. The molecule has 4 heteroatoms. The summed E-state index contributed by atoms with van der Waals surface area (Å²) < 4.78 is 0. The van der Waals surface area contributed by atoms with Gasteiger partial charge in [0.25, 0.3) is 0 Å². The lowest BCUT2D eigenvalue weighted by molar-refractivity contribution is -0.130. The first-order chi connectivity index (χ1) is 9.10. The van der Waals surface area contributed by atoms with Crippen LogP contribution in [0.5, 0.6) is 0 Å². The number of para-hydroxylation sites is 1. The Hall–Kier alpha value is -1.94. The van der Waals surface area contributed by atoms with Crippen LogP contribution in [0.1, 0.15) is 11.8 Å². The molecule has 1 unspecified atom stereocenters. The smallest absolute Gasteiger partial charge is 0.334 e. The number of benzene rings is 1. The van der Waals surface area contributed by atoms with Crippen molar-refractivity contribution >= 4 is 22.9 Å². The summed E-state index contributed by atoms with van der Waals surface area (Å²) in [6, 6.07) is 11.5. The number of carboxylic acid groups (broad SMARTS) is 1. The highest BCUT2D eigenvalue weighted by Crippen LogP contribution is 2.29. The fourth-order valence-corrected chi connectivity index (χ4v) is 3.47. The summed E-state index contributed by atoms with van der Waals surface area (Å²) in [5, 5.41) is 13.1. The largest absolute Gasteiger partial charge is 0.478 e. The van der Waals surface area contributed by atoms with Gasteiger partial charge in [-0.2, -0.15) is 0 Å². The zero-order chi connectivity index (χ0) is 13.5. The minimum atomic E-state index is -0.882. The summed E-state index contributed by atoms with van der Waals surface area (Å²) in [6.07, 6.45) is 0.626. The van der Waals surface area contributed by atoms with Crippen LogP contribution in [0.4, 0.5) is 0 Å². The molecule has 2 heterocycles. The Labute approximate surface area is 114 Å². The van der Waals surface area contributed by atoms with Gasteiger partial charge in [0.15, 0.2) is 0 Å². The van der Waals surface area contributed by atoms with Crippen molar-refractivity contribution in [1.82, 2.24) is 0 Å². The van der Waals surface area contributed by atoms with Gasteiger partial charge in [0, 0.05) is 16.5 Å². The van der Waals surface area contributed by atoms with Crippen molar-refractivity contribution in [2.24, 2.45) is 4.99 Å². The van der Waals surface area contributed by atoms with Gasteiger partial charge in [-0.15, -0.1) is 11.3 Å². The molecule has 1 aliphatic rings. The number of thiophene rings is 1. The van der Waals surface area contributed by atoms with E-state index < -0.39 is 11.5 Å². The molecular formula is C15H13NO2S. The van der Waals surface area contributed by atoms with Crippen molar-refractivity contribution < 1.29 is 9.90 Å². The summed E-state index contributed by atoms with van der Waals surface area (Å²) in [6.45, 7) is 1.90. The third kappa shape index (κ3) is 1.98. The highest BCUT2D eigenvalue weighted by atomic mass is 32.1. The molecule has 3 nitrogen and oxygen atoms in total. The molecule has 1 N–H and O–H groups in total. The van der Waals surface area contributed by atoms with Crippen LogP contribution < -0.4 is 10.6 Å². The topological polar surface area (TPSA) is 49.7 Å². The fraction of sp³-hybridized carbons (Fsp3) is 0.200. The van der Waals surface area contributed by atoms with Gasteiger partial charge in [-0.1, -0.05) is 24.3 Å². The molecule has 0 aliphatic carbocycles. The number of nitrogens with zero attached hydrogens (tertiary/aromatic N) is 1. The van der Waals surface area contributed by atoms with E-state index in [9.17, 15) is 9.90 Å². The molecule has 0 saturated heterocycles. The number of hydrogen-bond acceptors (Lipinski definition) is 3. The van der Waals surface area contributed by atoms with Crippen LogP contribution in [0.3, 0.4) is 0 Å². The molecule has 2 aromatic rings. The molecule has 0 saturated carbocycles. The van der Waals surface area contributed by atoms with Gasteiger partial charge in [0.2, 0.25) is 0 Å². The molecule has 1 aliphatic heterocycles. The van der Waals surface area contributed by atoms with Crippen LogP contribution in [-0.2, 0) is 11.2 Å². The maximum absolute atomic E-state index is 11.6. The van der Waals surface area contributed by atoms with Gasteiger partial charge in [0.1, 0.15) is 0 Å². The second kappa shape index (κ2) is 4.31. The number of carboxylic acids is 1. The summed E-state index contributed by atoms with van der Waals surface area (Å²) in [5.74, 6) is -0.882. The quantitative estimate of drug-likeness (QED) is 0.922. The Morgan fingerprint density at radius 1 is 1.32 bits per heavy atom. The summed E-state index contributed by atoms with van der Waals surface area (Å²) >= 11 is 1.63. The first kappa shape index (κ1) is 12.1. The van der Waals surface area contributed by atoms with Gasteiger partial charge in [-0.3, -0.25) is 4.99 Å². The van der Waals surface area contributed by atoms with Crippen LogP contribution in [0.2, 0.25) is 0 Å². The molecule has 1 aromatic carbocycles. The normalized spacial score (nSPS) is 21.0. The molecule has 3 rings (SSSR count). The van der Waals surface area contributed by atoms with Crippen molar-refractivity contribution in [1.29, 1.82) is 0 Å². The number of carbonyl (C=O) groups is 1. The van der Waals surface area contributed by atoms with Crippen LogP contribution in [-0.4, -0.2) is 16.6 Å². The number of fused-ring (bicyclic) bond motifs is 1. The molecule has 0 spiro atoms. The Morgan fingerprint density at radius 2 is 2.11 bits per heavy atom. The third-order valence-electron chi connectivity index (χ3n) is 3.39. The average Bonchev–Trinajstić information content (AvgIpc) is 2.93.